The Hall–Kier alpha value is -4.26. The van der Waals surface area contributed by atoms with Crippen LogP contribution < -0.4 is 15.5 Å². The predicted octanol–water partition coefficient (Wildman–Crippen LogP) is 5.33. The van der Waals surface area contributed by atoms with Crippen molar-refractivity contribution in [3.8, 4) is 0 Å². The molecule has 0 bridgehead atoms. The molecular weight excluding hydrogens is 474 g/mol. The second kappa shape index (κ2) is 11.4. The number of amides is 1. The molecule has 1 saturated carbocycles. The normalized spacial score (nSPS) is 17.1. The smallest absolute Gasteiger partial charge is 0.252 e. The standard InChI is InChI=1S/C31H33N5O2/c1-36(2)29-26-14-8-9-15-27(26)34-31(35-29)33-23-18-16-21(17-19-23)20-32-30(38)25-13-7-6-12-24(25)28(37)22-10-4-3-5-11-22/h3-15,21,23H,16-20H2,1-2H3,(H,32,38)(H,33,34,35). The number of hydrogen-bond acceptors (Lipinski definition) is 6. The number of hydrogen-bond donors (Lipinski definition) is 2. The van der Waals surface area contributed by atoms with Gasteiger partial charge in [0, 0.05) is 43.2 Å². The van der Waals surface area contributed by atoms with E-state index in [4.69, 9.17) is 9.97 Å². The summed E-state index contributed by atoms with van der Waals surface area (Å²) in [5.41, 5.74) is 2.35. The van der Waals surface area contributed by atoms with Gasteiger partial charge in [-0.3, -0.25) is 9.59 Å². The number of carbonyl (C=O) groups is 2. The lowest BCUT2D eigenvalue weighted by Crippen LogP contribution is -2.34. The first-order valence-corrected chi connectivity index (χ1v) is 13.2. The van der Waals surface area contributed by atoms with Gasteiger partial charge >= 0.3 is 0 Å². The maximum absolute atomic E-state index is 13.0. The predicted molar refractivity (Wildman–Crippen MR) is 152 cm³/mol. The molecule has 38 heavy (non-hydrogen) atoms. The van der Waals surface area contributed by atoms with Gasteiger partial charge in [0.2, 0.25) is 5.95 Å². The summed E-state index contributed by atoms with van der Waals surface area (Å²) in [7, 11) is 3.99. The summed E-state index contributed by atoms with van der Waals surface area (Å²) in [6.07, 6.45) is 3.96. The Bertz CT molecular complexity index is 1430. The summed E-state index contributed by atoms with van der Waals surface area (Å²) in [6.45, 7) is 0.594. The Balaban J connectivity index is 1.17. The van der Waals surface area contributed by atoms with Crippen LogP contribution in [0.1, 0.15) is 52.0 Å². The molecule has 0 aliphatic heterocycles. The van der Waals surface area contributed by atoms with E-state index in [9.17, 15) is 9.59 Å². The van der Waals surface area contributed by atoms with Gasteiger partial charge in [-0.2, -0.15) is 4.98 Å². The molecule has 5 rings (SSSR count). The van der Waals surface area contributed by atoms with E-state index in [0.717, 1.165) is 42.4 Å². The Labute approximate surface area is 223 Å². The number of fused-ring (bicyclic) bond motifs is 1. The molecule has 7 heteroatoms. The lowest BCUT2D eigenvalue weighted by molar-refractivity contribution is 0.0933. The third-order valence-corrected chi connectivity index (χ3v) is 7.19. The van der Waals surface area contributed by atoms with Crippen LogP contribution in [0.4, 0.5) is 11.8 Å². The number of nitrogens with zero attached hydrogens (tertiary/aromatic N) is 3. The SMILES string of the molecule is CN(C)c1nc(NC2CCC(CNC(=O)c3ccccc3C(=O)c3ccccc3)CC2)nc2ccccc12. The highest BCUT2D eigenvalue weighted by molar-refractivity contribution is 6.15. The second-order valence-corrected chi connectivity index (χ2v) is 10.1. The van der Waals surface area contributed by atoms with Crippen LogP contribution in [0.25, 0.3) is 10.9 Å². The first-order chi connectivity index (χ1) is 18.5. The molecule has 194 valence electrons. The van der Waals surface area contributed by atoms with E-state index in [1.54, 1.807) is 36.4 Å². The van der Waals surface area contributed by atoms with E-state index in [-0.39, 0.29) is 11.7 Å². The van der Waals surface area contributed by atoms with E-state index < -0.39 is 0 Å². The second-order valence-electron chi connectivity index (χ2n) is 10.1. The molecular formula is C31H33N5O2. The van der Waals surface area contributed by atoms with Crippen LogP contribution in [0, 0.1) is 5.92 Å². The number of aromatic nitrogens is 2. The van der Waals surface area contributed by atoms with Gasteiger partial charge in [-0.05, 0) is 49.8 Å². The fourth-order valence-corrected chi connectivity index (χ4v) is 5.12. The Morgan fingerprint density at radius 3 is 2.21 bits per heavy atom. The number of nitrogens with one attached hydrogen (secondary N) is 2. The van der Waals surface area contributed by atoms with Crippen molar-refractivity contribution in [2.24, 2.45) is 5.92 Å². The molecule has 1 aliphatic carbocycles. The molecule has 2 N–H and O–H groups in total. The van der Waals surface area contributed by atoms with Crippen LogP contribution >= 0.6 is 0 Å². The van der Waals surface area contributed by atoms with Crippen molar-refractivity contribution in [2.45, 2.75) is 31.7 Å². The van der Waals surface area contributed by atoms with Crippen molar-refractivity contribution in [2.75, 3.05) is 30.9 Å². The zero-order valence-corrected chi connectivity index (χ0v) is 21.9. The van der Waals surface area contributed by atoms with Crippen molar-refractivity contribution in [3.05, 3.63) is 95.6 Å². The highest BCUT2D eigenvalue weighted by Crippen LogP contribution is 2.28. The summed E-state index contributed by atoms with van der Waals surface area (Å²) < 4.78 is 0. The average Bonchev–Trinajstić information content (AvgIpc) is 2.96. The van der Waals surface area contributed by atoms with Crippen LogP contribution in [0.5, 0.6) is 0 Å². The van der Waals surface area contributed by atoms with Gasteiger partial charge in [-0.1, -0.05) is 60.7 Å². The number of rotatable bonds is 8. The maximum Gasteiger partial charge on any atom is 0.252 e. The zero-order valence-electron chi connectivity index (χ0n) is 21.9. The highest BCUT2D eigenvalue weighted by Gasteiger charge is 2.24. The van der Waals surface area contributed by atoms with Gasteiger partial charge in [0.1, 0.15) is 5.82 Å². The minimum absolute atomic E-state index is 0.142. The summed E-state index contributed by atoms with van der Waals surface area (Å²) in [5, 5.41) is 7.66. The van der Waals surface area contributed by atoms with Gasteiger partial charge in [-0.15, -0.1) is 0 Å². The molecule has 0 spiro atoms. The lowest BCUT2D eigenvalue weighted by Gasteiger charge is -2.29. The minimum Gasteiger partial charge on any atom is -0.362 e. The third-order valence-electron chi connectivity index (χ3n) is 7.19. The molecule has 7 nitrogen and oxygen atoms in total. The van der Waals surface area contributed by atoms with E-state index >= 15 is 0 Å². The van der Waals surface area contributed by atoms with Gasteiger partial charge in [0.15, 0.2) is 5.78 Å². The van der Waals surface area contributed by atoms with Gasteiger partial charge in [0.05, 0.1) is 11.1 Å². The van der Waals surface area contributed by atoms with Crippen molar-refractivity contribution < 1.29 is 9.59 Å². The topological polar surface area (TPSA) is 87.2 Å². The Morgan fingerprint density at radius 1 is 0.816 bits per heavy atom. The zero-order chi connectivity index (χ0) is 26.5. The monoisotopic (exact) mass is 507 g/mol. The molecule has 0 saturated heterocycles. The van der Waals surface area contributed by atoms with Gasteiger partial charge in [-0.25, -0.2) is 4.98 Å². The largest absolute Gasteiger partial charge is 0.362 e. The number of para-hydroxylation sites is 1. The molecule has 4 aromatic rings. The molecule has 3 aromatic carbocycles. The fraction of sp³-hybridized carbons (Fsp3) is 0.290. The molecule has 0 atom stereocenters. The average molecular weight is 508 g/mol. The number of carbonyl (C=O) groups excluding carboxylic acids is 2. The maximum atomic E-state index is 13.0. The number of anilines is 2. The molecule has 1 aliphatic rings. The van der Waals surface area contributed by atoms with E-state index in [0.29, 0.717) is 41.1 Å². The quantitative estimate of drug-likeness (QED) is 0.314. The minimum atomic E-state index is -0.203. The van der Waals surface area contributed by atoms with Crippen LogP contribution in [0.3, 0.4) is 0 Å². The Morgan fingerprint density at radius 2 is 1.47 bits per heavy atom. The van der Waals surface area contributed by atoms with Crippen molar-refractivity contribution in [3.63, 3.8) is 0 Å². The number of ketones is 1. The van der Waals surface area contributed by atoms with Gasteiger partial charge in [0.25, 0.3) is 5.91 Å². The Kier molecular flexibility index (Phi) is 7.63. The molecule has 0 unspecified atom stereocenters. The molecule has 1 heterocycles. The first-order valence-electron chi connectivity index (χ1n) is 13.2. The molecule has 1 aromatic heterocycles. The summed E-state index contributed by atoms with van der Waals surface area (Å²) in [6, 6.07) is 24.5. The van der Waals surface area contributed by atoms with Crippen molar-refractivity contribution in [1.82, 2.24) is 15.3 Å². The van der Waals surface area contributed by atoms with Crippen LogP contribution in [0.2, 0.25) is 0 Å². The molecule has 1 fully saturated rings. The van der Waals surface area contributed by atoms with E-state index in [2.05, 4.69) is 10.6 Å². The van der Waals surface area contributed by atoms with Crippen molar-refractivity contribution >= 4 is 34.4 Å². The molecule has 1 amide bonds. The van der Waals surface area contributed by atoms with E-state index in [1.807, 2.05) is 61.5 Å². The highest BCUT2D eigenvalue weighted by atomic mass is 16.2. The van der Waals surface area contributed by atoms with Crippen LogP contribution in [-0.4, -0.2) is 48.3 Å². The summed E-state index contributed by atoms with van der Waals surface area (Å²) in [4.78, 5) is 37.6. The summed E-state index contributed by atoms with van der Waals surface area (Å²) in [5.74, 6) is 1.61. The van der Waals surface area contributed by atoms with Crippen LogP contribution in [-0.2, 0) is 0 Å². The third kappa shape index (κ3) is 5.67. The summed E-state index contributed by atoms with van der Waals surface area (Å²) >= 11 is 0. The van der Waals surface area contributed by atoms with Crippen molar-refractivity contribution in [1.29, 1.82) is 0 Å². The number of benzene rings is 3. The van der Waals surface area contributed by atoms with Gasteiger partial charge < -0.3 is 15.5 Å². The van der Waals surface area contributed by atoms with Crippen LogP contribution in [0.15, 0.2) is 78.9 Å². The first kappa shape index (κ1) is 25.4. The lowest BCUT2D eigenvalue weighted by atomic mass is 9.86. The fourth-order valence-electron chi connectivity index (χ4n) is 5.12. The van der Waals surface area contributed by atoms with E-state index in [1.165, 1.54) is 0 Å². The molecule has 0 radical (unpaired) electrons.